The van der Waals surface area contributed by atoms with Crippen molar-refractivity contribution in [3.8, 4) is 0 Å². The summed E-state index contributed by atoms with van der Waals surface area (Å²) >= 11 is 0. The summed E-state index contributed by atoms with van der Waals surface area (Å²) in [5, 5.41) is 1.64. The largest absolute Gasteiger partial charge is 0.343 e. The quantitative estimate of drug-likeness (QED) is 0.762. The molecule has 0 aromatic heterocycles. The van der Waals surface area contributed by atoms with Crippen LogP contribution in [0.1, 0.15) is 59.2 Å². The lowest BCUT2D eigenvalue weighted by Gasteiger charge is -2.28. The van der Waals surface area contributed by atoms with Crippen molar-refractivity contribution in [3.05, 3.63) is 47.5 Å². The molecule has 1 aliphatic heterocycles. The van der Waals surface area contributed by atoms with Crippen LogP contribution in [0.25, 0.3) is 10.8 Å². The molecule has 4 rings (SSSR count). The first-order valence-electron chi connectivity index (χ1n) is 9.71. The van der Waals surface area contributed by atoms with Crippen LogP contribution < -0.4 is 0 Å². The van der Waals surface area contributed by atoms with Crippen molar-refractivity contribution >= 4 is 28.5 Å². The summed E-state index contributed by atoms with van der Waals surface area (Å²) in [6.07, 6.45) is 5.37. The number of nitrogens with zero attached hydrogens (tertiary/aromatic N) is 2. The molecule has 0 unspecified atom stereocenters. The van der Waals surface area contributed by atoms with E-state index in [1.807, 2.05) is 36.2 Å². The third-order valence-corrected chi connectivity index (χ3v) is 5.89. The summed E-state index contributed by atoms with van der Waals surface area (Å²) < 4.78 is 0. The van der Waals surface area contributed by atoms with Crippen LogP contribution in [0.15, 0.2) is 36.4 Å². The Kier molecular flexibility index (Phi) is 4.68. The molecule has 3 amide bonds. The summed E-state index contributed by atoms with van der Waals surface area (Å²) in [5.41, 5.74) is 1.13. The molecule has 5 heteroatoms. The fourth-order valence-corrected chi connectivity index (χ4v) is 4.34. The SMILES string of the molecule is CN(C(=O)CCCN1C(=O)c2cccc3cccc(c23)C1=O)C1CCCC1. The summed E-state index contributed by atoms with van der Waals surface area (Å²) in [7, 11) is 1.87. The van der Waals surface area contributed by atoms with Gasteiger partial charge in [0.2, 0.25) is 5.91 Å². The van der Waals surface area contributed by atoms with Crippen LogP contribution in [0.5, 0.6) is 0 Å². The highest BCUT2D eigenvalue weighted by Gasteiger charge is 2.32. The molecule has 1 heterocycles. The molecule has 0 atom stereocenters. The Labute approximate surface area is 158 Å². The van der Waals surface area contributed by atoms with E-state index in [0.29, 0.717) is 30.0 Å². The summed E-state index contributed by atoms with van der Waals surface area (Å²) in [5.74, 6) is -0.428. The molecule has 27 heavy (non-hydrogen) atoms. The maximum atomic E-state index is 12.8. The van der Waals surface area contributed by atoms with E-state index >= 15 is 0 Å². The molecule has 0 saturated heterocycles. The van der Waals surface area contributed by atoms with Crippen LogP contribution in [0.2, 0.25) is 0 Å². The van der Waals surface area contributed by atoms with Crippen molar-refractivity contribution in [1.82, 2.24) is 9.80 Å². The highest BCUT2D eigenvalue weighted by Crippen LogP contribution is 2.30. The van der Waals surface area contributed by atoms with Gasteiger partial charge in [-0.1, -0.05) is 37.1 Å². The molecule has 1 fully saturated rings. The zero-order chi connectivity index (χ0) is 19.0. The van der Waals surface area contributed by atoms with E-state index in [0.717, 1.165) is 23.6 Å². The van der Waals surface area contributed by atoms with Crippen molar-refractivity contribution in [2.45, 2.75) is 44.6 Å². The van der Waals surface area contributed by atoms with Crippen molar-refractivity contribution in [2.75, 3.05) is 13.6 Å². The first-order valence-corrected chi connectivity index (χ1v) is 9.71. The molecule has 140 valence electrons. The highest BCUT2D eigenvalue weighted by atomic mass is 16.2. The van der Waals surface area contributed by atoms with Gasteiger partial charge in [-0.25, -0.2) is 0 Å². The molecular formula is C22H24N2O3. The maximum absolute atomic E-state index is 12.8. The topological polar surface area (TPSA) is 57.7 Å². The Morgan fingerprint density at radius 1 is 1.04 bits per heavy atom. The molecule has 0 spiro atoms. The maximum Gasteiger partial charge on any atom is 0.261 e. The van der Waals surface area contributed by atoms with Gasteiger partial charge in [0.15, 0.2) is 0 Å². The van der Waals surface area contributed by atoms with Gasteiger partial charge in [-0.05, 0) is 36.8 Å². The van der Waals surface area contributed by atoms with Crippen LogP contribution >= 0.6 is 0 Å². The second-order valence-corrected chi connectivity index (χ2v) is 7.52. The molecule has 0 N–H and O–H groups in total. The normalized spacial score (nSPS) is 17.0. The number of hydrogen-bond donors (Lipinski definition) is 0. The number of benzene rings is 2. The Bertz CT molecular complexity index is 864. The van der Waals surface area contributed by atoms with Gasteiger partial charge >= 0.3 is 0 Å². The van der Waals surface area contributed by atoms with Crippen molar-refractivity contribution in [2.24, 2.45) is 0 Å². The third kappa shape index (κ3) is 3.11. The number of carbonyl (C=O) groups is 3. The zero-order valence-electron chi connectivity index (χ0n) is 15.6. The molecule has 2 aliphatic rings. The first kappa shape index (κ1) is 17.7. The second kappa shape index (κ2) is 7.14. The van der Waals surface area contributed by atoms with Crippen LogP contribution in [0, 0.1) is 0 Å². The van der Waals surface area contributed by atoms with Gasteiger partial charge in [0, 0.05) is 42.6 Å². The zero-order valence-corrected chi connectivity index (χ0v) is 15.6. The summed E-state index contributed by atoms with van der Waals surface area (Å²) in [6, 6.07) is 11.4. The lowest BCUT2D eigenvalue weighted by atomic mass is 9.94. The van der Waals surface area contributed by atoms with Gasteiger partial charge < -0.3 is 4.90 Å². The van der Waals surface area contributed by atoms with E-state index in [4.69, 9.17) is 0 Å². The molecule has 1 aliphatic carbocycles. The molecule has 5 nitrogen and oxygen atoms in total. The van der Waals surface area contributed by atoms with Gasteiger partial charge in [0.1, 0.15) is 0 Å². The van der Waals surface area contributed by atoms with Crippen molar-refractivity contribution < 1.29 is 14.4 Å². The van der Waals surface area contributed by atoms with Gasteiger partial charge in [-0.3, -0.25) is 19.3 Å². The highest BCUT2D eigenvalue weighted by molar-refractivity contribution is 6.25. The van der Waals surface area contributed by atoms with Crippen LogP contribution in [-0.2, 0) is 4.79 Å². The van der Waals surface area contributed by atoms with E-state index in [9.17, 15) is 14.4 Å². The summed E-state index contributed by atoms with van der Waals surface area (Å²) in [6.45, 7) is 0.270. The minimum absolute atomic E-state index is 0.0984. The summed E-state index contributed by atoms with van der Waals surface area (Å²) in [4.78, 5) is 41.3. The van der Waals surface area contributed by atoms with Gasteiger partial charge in [0.25, 0.3) is 11.8 Å². The fraction of sp³-hybridized carbons (Fsp3) is 0.409. The number of carbonyl (C=O) groups excluding carboxylic acids is 3. The second-order valence-electron chi connectivity index (χ2n) is 7.52. The average Bonchev–Trinajstić information content (AvgIpc) is 3.22. The number of hydrogen-bond acceptors (Lipinski definition) is 3. The molecule has 1 saturated carbocycles. The molecular weight excluding hydrogens is 340 g/mol. The van der Waals surface area contributed by atoms with Crippen LogP contribution in [0.3, 0.4) is 0 Å². The smallest absolute Gasteiger partial charge is 0.261 e. The first-order chi connectivity index (χ1) is 13.1. The molecule has 2 aromatic rings. The number of imide groups is 1. The minimum atomic E-state index is -0.263. The molecule has 2 aromatic carbocycles. The lowest BCUT2D eigenvalue weighted by molar-refractivity contribution is -0.132. The Morgan fingerprint density at radius 3 is 2.22 bits per heavy atom. The van der Waals surface area contributed by atoms with E-state index < -0.39 is 0 Å². The van der Waals surface area contributed by atoms with Gasteiger partial charge in [-0.15, -0.1) is 0 Å². The van der Waals surface area contributed by atoms with E-state index in [1.54, 1.807) is 12.1 Å². The van der Waals surface area contributed by atoms with E-state index in [-0.39, 0.29) is 24.3 Å². The van der Waals surface area contributed by atoms with Crippen molar-refractivity contribution in [3.63, 3.8) is 0 Å². The Hall–Kier alpha value is -2.69. The molecule has 0 bridgehead atoms. The Balaban J connectivity index is 1.45. The van der Waals surface area contributed by atoms with Gasteiger partial charge in [0.05, 0.1) is 0 Å². The number of amides is 3. The van der Waals surface area contributed by atoms with E-state index in [1.165, 1.54) is 17.7 Å². The van der Waals surface area contributed by atoms with Gasteiger partial charge in [-0.2, -0.15) is 0 Å². The Morgan fingerprint density at radius 2 is 1.63 bits per heavy atom. The van der Waals surface area contributed by atoms with Crippen LogP contribution in [-0.4, -0.2) is 47.2 Å². The van der Waals surface area contributed by atoms with E-state index in [2.05, 4.69) is 0 Å². The standard InChI is InChI=1S/C22H24N2O3/c1-23(16-9-2-3-10-16)19(25)13-6-14-24-21(26)17-11-4-7-15-8-5-12-18(20(15)17)22(24)27/h4-5,7-8,11-12,16H,2-3,6,9-10,13-14H2,1H3. The molecule has 0 radical (unpaired) electrons. The minimum Gasteiger partial charge on any atom is -0.343 e. The number of rotatable bonds is 5. The van der Waals surface area contributed by atoms with Crippen molar-refractivity contribution in [1.29, 1.82) is 0 Å². The predicted octanol–water partition coefficient (Wildman–Crippen LogP) is 3.62. The lowest BCUT2D eigenvalue weighted by Crippen LogP contribution is -2.41. The fourth-order valence-electron chi connectivity index (χ4n) is 4.34. The van der Waals surface area contributed by atoms with Crippen LogP contribution in [0.4, 0.5) is 0 Å². The average molecular weight is 364 g/mol. The monoisotopic (exact) mass is 364 g/mol. The predicted molar refractivity (Wildman–Crippen MR) is 104 cm³/mol. The third-order valence-electron chi connectivity index (χ3n) is 5.89.